The highest BCUT2D eigenvalue weighted by Crippen LogP contribution is 2.17. The summed E-state index contributed by atoms with van der Waals surface area (Å²) in [5.74, 6) is -0.902. The van der Waals surface area contributed by atoms with Crippen LogP contribution in [-0.4, -0.2) is 26.7 Å². The normalized spacial score (nSPS) is 12.1. The Balaban J connectivity index is 2.04. The summed E-state index contributed by atoms with van der Waals surface area (Å²) in [6, 6.07) is 5.32. The molecule has 0 bridgehead atoms. The molecule has 1 aromatic heterocycles. The fourth-order valence-corrected chi connectivity index (χ4v) is 1.98. The molecule has 0 radical (unpaired) electrons. The van der Waals surface area contributed by atoms with E-state index in [2.05, 4.69) is 17.2 Å². The summed E-state index contributed by atoms with van der Waals surface area (Å²) in [6.07, 6.45) is 5.44. The maximum atomic E-state index is 10.9. The quantitative estimate of drug-likeness (QED) is 0.865. The van der Waals surface area contributed by atoms with Crippen LogP contribution in [0.15, 0.2) is 36.9 Å². The van der Waals surface area contributed by atoms with Gasteiger partial charge in [0.1, 0.15) is 0 Å². The van der Waals surface area contributed by atoms with Gasteiger partial charge in [0.25, 0.3) is 0 Å². The van der Waals surface area contributed by atoms with Gasteiger partial charge in [-0.05, 0) is 37.6 Å². The van der Waals surface area contributed by atoms with Crippen LogP contribution >= 0.6 is 0 Å². The van der Waals surface area contributed by atoms with Gasteiger partial charge in [-0.2, -0.15) is 0 Å². The van der Waals surface area contributed by atoms with E-state index in [1.54, 1.807) is 24.7 Å². The molecule has 0 fully saturated rings. The molecule has 0 amide bonds. The number of nitrogens with one attached hydrogen (secondary N) is 1. The van der Waals surface area contributed by atoms with E-state index in [9.17, 15) is 4.79 Å². The molecule has 0 saturated heterocycles. The van der Waals surface area contributed by atoms with Crippen molar-refractivity contribution in [2.45, 2.75) is 26.4 Å². The maximum absolute atomic E-state index is 10.9. The van der Waals surface area contributed by atoms with Crippen LogP contribution in [0.4, 0.5) is 5.69 Å². The molecule has 0 aliphatic heterocycles. The average Bonchev–Trinajstić information content (AvgIpc) is 2.84. The minimum absolute atomic E-state index is 0.226. The van der Waals surface area contributed by atoms with Gasteiger partial charge in [-0.25, -0.2) is 9.78 Å². The molecule has 2 aromatic rings. The van der Waals surface area contributed by atoms with Crippen molar-refractivity contribution in [3.63, 3.8) is 0 Å². The number of nitrogens with zero attached hydrogens (tertiary/aromatic N) is 2. The van der Waals surface area contributed by atoms with Crippen molar-refractivity contribution in [1.29, 1.82) is 0 Å². The van der Waals surface area contributed by atoms with Gasteiger partial charge in [0, 0.05) is 30.7 Å². The number of carbonyl (C=O) groups is 1. The predicted octanol–water partition coefficient (Wildman–Crippen LogP) is 2.39. The number of carboxylic acids is 1. The second-order valence-corrected chi connectivity index (χ2v) is 4.64. The Morgan fingerprint density at radius 1 is 1.53 bits per heavy atom. The first-order valence-electron chi connectivity index (χ1n) is 6.12. The Hall–Kier alpha value is -2.30. The molecular weight excluding hydrogens is 242 g/mol. The van der Waals surface area contributed by atoms with Crippen molar-refractivity contribution in [2.24, 2.45) is 0 Å². The van der Waals surface area contributed by atoms with Gasteiger partial charge >= 0.3 is 5.97 Å². The second kappa shape index (κ2) is 5.56. The van der Waals surface area contributed by atoms with E-state index >= 15 is 0 Å². The summed E-state index contributed by atoms with van der Waals surface area (Å²) in [4.78, 5) is 14.9. The largest absolute Gasteiger partial charge is 0.478 e. The van der Waals surface area contributed by atoms with Crippen LogP contribution in [0, 0.1) is 6.92 Å². The maximum Gasteiger partial charge on any atom is 0.335 e. The molecule has 5 heteroatoms. The predicted molar refractivity (Wildman–Crippen MR) is 73.5 cm³/mol. The number of hydrogen-bond donors (Lipinski definition) is 2. The third-order valence-corrected chi connectivity index (χ3v) is 2.92. The van der Waals surface area contributed by atoms with Crippen molar-refractivity contribution in [2.75, 3.05) is 5.32 Å². The number of carboxylic acid groups (broad SMARTS) is 1. The van der Waals surface area contributed by atoms with Crippen LogP contribution in [0.1, 0.15) is 22.8 Å². The van der Waals surface area contributed by atoms with Gasteiger partial charge in [-0.1, -0.05) is 0 Å². The van der Waals surface area contributed by atoms with E-state index in [0.29, 0.717) is 5.56 Å². The van der Waals surface area contributed by atoms with Crippen molar-refractivity contribution < 1.29 is 9.90 Å². The summed E-state index contributed by atoms with van der Waals surface area (Å²) in [5.41, 5.74) is 2.19. The molecule has 19 heavy (non-hydrogen) atoms. The number of aromatic nitrogens is 2. The zero-order valence-electron chi connectivity index (χ0n) is 11.0. The van der Waals surface area contributed by atoms with Gasteiger partial charge < -0.3 is 15.0 Å². The van der Waals surface area contributed by atoms with E-state index < -0.39 is 5.97 Å². The minimum Gasteiger partial charge on any atom is -0.478 e. The van der Waals surface area contributed by atoms with Crippen LogP contribution in [0.5, 0.6) is 0 Å². The molecule has 1 aromatic carbocycles. The van der Waals surface area contributed by atoms with Crippen molar-refractivity contribution in [1.82, 2.24) is 9.55 Å². The van der Waals surface area contributed by atoms with Crippen LogP contribution in [0.25, 0.3) is 0 Å². The lowest BCUT2D eigenvalue weighted by Gasteiger charge is -2.17. The Morgan fingerprint density at radius 3 is 2.89 bits per heavy atom. The monoisotopic (exact) mass is 259 g/mol. The number of aromatic carboxylic acids is 1. The summed E-state index contributed by atoms with van der Waals surface area (Å²) in [6.45, 7) is 4.78. The molecule has 1 heterocycles. The first-order chi connectivity index (χ1) is 9.06. The van der Waals surface area contributed by atoms with Gasteiger partial charge in [0.05, 0.1) is 11.9 Å². The second-order valence-electron chi connectivity index (χ2n) is 4.64. The lowest BCUT2D eigenvalue weighted by molar-refractivity contribution is 0.0697. The SMILES string of the molecule is Cc1cc(C(=O)O)ccc1NC(C)Cn1ccnc1. The van der Waals surface area contributed by atoms with E-state index in [1.165, 1.54) is 0 Å². The van der Waals surface area contributed by atoms with Crippen LogP contribution in [0.3, 0.4) is 0 Å². The van der Waals surface area contributed by atoms with Gasteiger partial charge in [-0.15, -0.1) is 0 Å². The van der Waals surface area contributed by atoms with E-state index in [0.717, 1.165) is 17.8 Å². The highest BCUT2D eigenvalue weighted by Gasteiger charge is 2.08. The summed E-state index contributed by atoms with van der Waals surface area (Å²) in [5, 5.41) is 12.3. The molecule has 0 saturated carbocycles. The average molecular weight is 259 g/mol. The third kappa shape index (κ3) is 3.34. The molecule has 5 nitrogen and oxygen atoms in total. The molecule has 0 aliphatic rings. The summed E-state index contributed by atoms with van der Waals surface area (Å²) < 4.78 is 2.00. The fraction of sp³-hybridized carbons (Fsp3) is 0.286. The third-order valence-electron chi connectivity index (χ3n) is 2.92. The molecule has 100 valence electrons. The number of benzene rings is 1. The highest BCUT2D eigenvalue weighted by atomic mass is 16.4. The molecule has 2 N–H and O–H groups in total. The smallest absolute Gasteiger partial charge is 0.335 e. The minimum atomic E-state index is -0.902. The van der Waals surface area contributed by atoms with E-state index in [1.807, 2.05) is 23.8 Å². The Kier molecular flexibility index (Phi) is 3.85. The van der Waals surface area contributed by atoms with Crippen LogP contribution in [0.2, 0.25) is 0 Å². The molecule has 1 atom stereocenters. The number of hydrogen-bond acceptors (Lipinski definition) is 3. The Bertz CT molecular complexity index is 564. The number of anilines is 1. The van der Waals surface area contributed by atoms with E-state index in [4.69, 9.17) is 5.11 Å². The topological polar surface area (TPSA) is 67.2 Å². The molecule has 0 spiro atoms. The van der Waals surface area contributed by atoms with Crippen molar-refractivity contribution >= 4 is 11.7 Å². The molecular formula is C14H17N3O2. The number of aryl methyl sites for hydroxylation is 1. The zero-order chi connectivity index (χ0) is 13.8. The number of imidazole rings is 1. The van der Waals surface area contributed by atoms with Crippen molar-refractivity contribution in [3.8, 4) is 0 Å². The van der Waals surface area contributed by atoms with Gasteiger partial charge in [0.15, 0.2) is 0 Å². The fourth-order valence-electron chi connectivity index (χ4n) is 1.98. The summed E-state index contributed by atoms with van der Waals surface area (Å²) in [7, 11) is 0. The highest BCUT2D eigenvalue weighted by molar-refractivity contribution is 5.88. The first-order valence-corrected chi connectivity index (χ1v) is 6.12. The molecule has 2 rings (SSSR count). The van der Waals surface area contributed by atoms with Crippen molar-refractivity contribution in [3.05, 3.63) is 48.0 Å². The standard InChI is InChI=1S/C14H17N3O2/c1-10-7-12(14(18)19)3-4-13(10)16-11(2)8-17-6-5-15-9-17/h3-7,9,11,16H,8H2,1-2H3,(H,18,19). The first kappa shape index (κ1) is 13.1. The van der Waals surface area contributed by atoms with E-state index in [-0.39, 0.29) is 6.04 Å². The zero-order valence-corrected chi connectivity index (χ0v) is 11.0. The molecule has 1 unspecified atom stereocenters. The Morgan fingerprint density at radius 2 is 2.32 bits per heavy atom. The van der Waals surface area contributed by atoms with Crippen LogP contribution in [-0.2, 0) is 6.54 Å². The molecule has 0 aliphatic carbocycles. The lowest BCUT2D eigenvalue weighted by Crippen LogP contribution is -2.21. The lowest BCUT2D eigenvalue weighted by atomic mass is 10.1. The number of rotatable bonds is 5. The van der Waals surface area contributed by atoms with Gasteiger partial charge in [0.2, 0.25) is 0 Å². The van der Waals surface area contributed by atoms with Crippen LogP contribution < -0.4 is 5.32 Å². The van der Waals surface area contributed by atoms with Gasteiger partial charge in [-0.3, -0.25) is 0 Å². The summed E-state index contributed by atoms with van der Waals surface area (Å²) >= 11 is 0. The Labute approximate surface area is 111 Å².